The van der Waals surface area contributed by atoms with Crippen LogP contribution in [0.4, 0.5) is 0 Å². The summed E-state index contributed by atoms with van der Waals surface area (Å²) in [6.45, 7) is 6.43. The maximum Gasteiger partial charge on any atom is 0.237 e. The molecule has 0 fully saturated rings. The van der Waals surface area contributed by atoms with E-state index < -0.39 is 6.04 Å². The summed E-state index contributed by atoms with van der Waals surface area (Å²) in [6, 6.07) is 9.92. The van der Waals surface area contributed by atoms with Gasteiger partial charge in [-0.1, -0.05) is 50.6 Å². The first-order valence-electron chi connectivity index (χ1n) is 7.62. The lowest BCUT2D eigenvalue weighted by atomic mass is 9.99. The third-order valence-electron chi connectivity index (χ3n) is 3.77. The van der Waals surface area contributed by atoms with Gasteiger partial charge < -0.3 is 11.1 Å². The maximum atomic E-state index is 12.0. The lowest BCUT2D eigenvalue weighted by Crippen LogP contribution is -2.45. The van der Waals surface area contributed by atoms with Gasteiger partial charge in [-0.25, -0.2) is 0 Å². The van der Waals surface area contributed by atoms with Crippen molar-refractivity contribution in [3.63, 3.8) is 0 Å². The Morgan fingerprint density at radius 1 is 1.25 bits per heavy atom. The Bertz CT molecular complexity index is 391. The van der Waals surface area contributed by atoms with Crippen molar-refractivity contribution in [1.82, 2.24) is 5.32 Å². The van der Waals surface area contributed by atoms with Crippen LogP contribution in [-0.4, -0.2) is 18.0 Å². The highest BCUT2D eigenvalue weighted by Crippen LogP contribution is 2.10. The van der Waals surface area contributed by atoms with Gasteiger partial charge in [-0.3, -0.25) is 4.79 Å². The minimum absolute atomic E-state index is 0.0308. The van der Waals surface area contributed by atoms with E-state index in [1.54, 1.807) is 0 Å². The van der Waals surface area contributed by atoms with Gasteiger partial charge in [-0.2, -0.15) is 0 Å². The van der Waals surface area contributed by atoms with Crippen molar-refractivity contribution in [3.05, 3.63) is 35.9 Å². The van der Waals surface area contributed by atoms with Gasteiger partial charge in [0, 0.05) is 6.04 Å². The molecular formula is C17H28N2O. The number of rotatable bonds is 8. The second kappa shape index (κ2) is 8.75. The SMILES string of the molecule is CCC(C)CC(C)NC(=O)C(N)CCc1ccccc1. The van der Waals surface area contributed by atoms with Crippen LogP contribution in [0.1, 0.15) is 45.6 Å². The molecule has 0 bridgehead atoms. The molecule has 112 valence electrons. The van der Waals surface area contributed by atoms with Crippen molar-refractivity contribution >= 4 is 5.91 Å². The van der Waals surface area contributed by atoms with E-state index in [0.717, 1.165) is 19.3 Å². The quantitative estimate of drug-likeness (QED) is 0.767. The zero-order valence-corrected chi connectivity index (χ0v) is 12.9. The zero-order valence-electron chi connectivity index (χ0n) is 12.9. The Morgan fingerprint density at radius 3 is 2.50 bits per heavy atom. The van der Waals surface area contributed by atoms with Gasteiger partial charge in [-0.05, 0) is 37.7 Å². The van der Waals surface area contributed by atoms with Crippen LogP contribution < -0.4 is 11.1 Å². The van der Waals surface area contributed by atoms with Gasteiger partial charge in [0.1, 0.15) is 0 Å². The van der Waals surface area contributed by atoms with Crippen LogP contribution in [-0.2, 0) is 11.2 Å². The summed E-state index contributed by atoms with van der Waals surface area (Å²) in [7, 11) is 0. The molecule has 0 radical (unpaired) electrons. The Kier molecular flexibility index (Phi) is 7.31. The lowest BCUT2D eigenvalue weighted by Gasteiger charge is -2.20. The molecule has 3 atom stereocenters. The van der Waals surface area contributed by atoms with Crippen LogP contribution in [0.15, 0.2) is 30.3 Å². The molecule has 20 heavy (non-hydrogen) atoms. The third kappa shape index (κ3) is 6.20. The number of nitrogens with two attached hydrogens (primary N) is 1. The minimum Gasteiger partial charge on any atom is -0.352 e. The molecule has 0 aromatic heterocycles. The van der Waals surface area contributed by atoms with Crippen LogP contribution >= 0.6 is 0 Å². The van der Waals surface area contributed by atoms with Crippen LogP contribution in [0.3, 0.4) is 0 Å². The van der Waals surface area contributed by atoms with E-state index >= 15 is 0 Å². The Labute approximate surface area is 122 Å². The highest BCUT2D eigenvalue weighted by molar-refractivity contribution is 5.81. The fourth-order valence-corrected chi connectivity index (χ4v) is 2.28. The van der Waals surface area contributed by atoms with Crippen LogP contribution in [0.25, 0.3) is 0 Å². The smallest absolute Gasteiger partial charge is 0.237 e. The Hall–Kier alpha value is -1.35. The lowest BCUT2D eigenvalue weighted by molar-refractivity contribution is -0.123. The topological polar surface area (TPSA) is 55.1 Å². The molecule has 0 saturated carbocycles. The van der Waals surface area contributed by atoms with Gasteiger partial charge in [0.15, 0.2) is 0 Å². The number of hydrogen-bond acceptors (Lipinski definition) is 2. The number of benzene rings is 1. The van der Waals surface area contributed by atoms with Crippen molar-refractivity contribution in [2.45, 2.75) is 58.5 Å². The highest BCUT2D eigenvalue weighted by Gasteiger charge is 2.16. The molecule has 3 unspecified atom stereocenters. The monoisotopic (exact) mass is 276 g/mol. The van der Waals surface area contributed by atoms with Crippen LogP contribution in [0, 0.1) is 5.92 Å². The molecule has 0 aliphatic rings. The molecule has 0 spiro atoms. The summed E-state index contributed by atoms with van der Waals surface area (Å²) in [6.07, 6.45) is 3.68. The van der Waals surface area contributed by atoms with Crippen molar-refractivity contribution < 1.29 is 4.79 Å². The van der Waals surface area contributed by atoms with E-state index in [1.165, 1.54) is 5.56 Å². The molecule has 3 N–H and O–H groups in total. The van der Waals surface area contributed by atoms with Crippen molar-refractivity contribution in [2.24, 2.45) is 11.7 Å². The van der Waals surface area contributed by atoms with Crippen LogP contribution in [0.2, 0.25) is 0 Å². The van der Waals surface area contributed by atoms with Gasteiger partial charge in [-0.15, -0.1) is 0 Å². The standard InChI is InChI=1S/C17H28N2O/c1-4-13(2)12-14(3)19-17(20)16(18)11-10-15-8-6-5-7-9-15/h5-9,13-14,16H,4,10-12,18H2,1-3H3,(H,19,20). The minimum atomic E-state index is -0.422. The summed E-state index contributed by atoms with van der Waals surface area (Å²) >= 11 is 0. The number of carbonyl (C=O) groups is 1. The summed E-state index contributed by atoms with van der Waals surface area (Å²) in [5, 5.41) is 3.02. The molecule has 0 saturated heterocycles. The first-order chi connectivity index (χ1) is 9.52. The zero-order chi connectivity index (χ0) is 15.0. The van der Waals surface area contributed by atoms with Crippen molar-refractivity contribution in [3.8, 4) is 0 Å². The van der Waals surface area contributed by atoms with Gasteiger partial charge in [0.25, 0.3) is 0 Å². The Balaban J connectivity index is 2.32. The van der Waals surface area contributed by atoms with Crippen molar-refractivity contribution in [2.75, 3.05) is 0 Å². The first-order valence-corrected chi connectivity index (χ1v) is 7.62. The summed E-state index contributed by atoms with van der Waals surface area (Å²) in [5.74, 6) is 0.600. The fraction of sp³-hybridized carbons (Fsp3) is 0.588. The van der Waals surface area contributed by atoms with Gasteiger partial charge >= 0.3 is 0 Å². The molecule has 0 aliphatic carbocycles. The molecule has 0 heterocycles. The third-order valence-corrected chi connectivity index (χ3v) is 3.77. The van der Waals surface area contributed by atoms with E-state index in [2.05, 4.69) is 31.3 Å². The van der Waals surface area contributed by atoms with Gasteiger partial charge in [0.05, 0.1) is 6.04 Å². The molecule has 1 amide bonds. The molecule has 1 rings (SSSR count). The summed E-state index contributed by atoms with van der Waals surface area (Å²) in [5.41, 5.74) is 7.19. The molecule has 3 heteroatoms. The van der Waals surface area contributed by atoms with Gasteiger partial charge in [0.2, 0.25) is 5.91 Å². The van der Waals surface area contributed by atoms with E-state index in [1.807, 2.05) is 25.1 Å². The van der Waals surface area contributed by atoms with E-state index in [-0.39, 0.29) is 11.9 Å². The molecule has 3 nitrogen and oxygen atoms in total. The number of amides is 1. The molecule has 1 aromatic carbocycles. The molecular weight excluding hydrogens is 248 g/mol. The highest BCUT2D eigenvalue weighted by atomic mass is 16.2. The van der Waals surface area contributed by atoms with Crippen molar-refractivity contribution in [1.29, 1.82) is 0 Å². The fourth-order valence-electron chi connectivity index (χ4n) is 2.28. The predicted octanol–water partition coefficient (Wildman–Crippen LogP) is 2.89. The summed E-state index contributed by atoms with van der Waals surface area (Å²) < 4.78 is 0. The first kappa shape index (κ1) is 16.7. The second-order valence-corrected chi connectivity index (χ2v) is 5.79. The largest absolute Gasteiger partial charge is 0.352 e. The number of carbonyl (C=O) groups excluding carboxylic acids is 1. The molecule has 0 aliphatic heterocycles. The molecule has 1 aromatic rings. The maximum absolute atomic E-state index is 12.0. The Morgan fingerprint density at radius 2 is 1.90 bits per heavy atom. The van der Waals surface area contributed by atoms with E-state index in [4.69, 9.17) is 5.73 Å². The second-order valence-electron chi connectivity index (χ2n) is 5.79. The normalized spacial score (nSPS) is 15.4. The van der Waals surface area contributed by atoms with E-state index in [0.29, 0.717) is 12.3 Å². The van der Waals surface area contributed by atoms with Crippen LogP contribution in [0.5, 0.6) is 0 Å². The van der Waals surface area contributed by atoms with E-state index in [9.17, 15) is 4.79 Å². The average Bonchev–Trinajstić information content (AvgIpc) is 2.45. The average molecular weight is 276 g/mol. The predicted molar refractivity (Wildman–Crippen MR) is 84.4 cm³/mol. The summed E-state index contributed by atoms with van der Waals surface area (Å²) in [4.78, 5) is 12.0. The number of aryl methyl sites for hydroxylation is 1. The number of hydrogen-bond donors (Lipinski definition) is 2. The number of nitrogens with one attached hydrogen (secondary N) is 1.